The van der Waals surface area contributed by atoms with Crippen LogP contribution in [-0.2, 0) is 4.74 Å². The molecule has 0 saturated carbocycles. The molecule has 0 amide bonds. The summed E-state index contributed by atoms with van der Waals surface area (Å²) in [7, 11) is 3.74. The smallest absolute Gasteiger partial charge is 0.0973 e. The third kappa shape index (κ3) is 2.56. The molecule has 0 radical (unpaired) electrons. The molecule has 0 aliphatic heterocycles. The van der Waals surface area contributed by atoms with Gasteiger partial charge in [0.1, 0.15) is 0 Å². The van der Waals surface area contributed by atoms with Gasteiger partial charge in [-0.05, 0) is 19.0 Å². The molecule has 1 aromatic rings. The highest BCUT2D eigenvalue weighted by atomic mass is 16.5. The molecule has 0 saturated heterocycles. The Labute approximate surface area is 86.3 Å². The molecule has 0 aromatic heterocycles. The van der Waals surface area contributed by atoms with Crippen LogP contribution in [0, 0.1) is 0 Å². The molecule has 2 nitrogen and oxygen atoms in total. The van der Waals surface area contributed by atoms with Crippen LogP contribution in [0.5, 0.6) is 0 Å². The number of likely N-dealkylation sites (N-methyl/N-ethyl adjacent to an activating group) is 1. The Kier molecular flexibility index (Phi) is 4.63. The van der Waals surface area contributed by atoms with Crippen LogP contribution in [-0.4, -0.2) is 20.2 Å². The number of ether oxygens (including phenoxy) is 1. The van der Waals surface area contributed by atoms with Crippen molar-refractivity contribution in [1.29, 1.82) is 0 Å². The maximum atomic E-state index is 5.52. The van der Waals surface area contributed by atoms with E-state index in [1.165, 1.54) is 5.56 Å². The third-order valence-corrected chi connectivity index (χ3v) is 2.56. The molecule has 1 rings (SSSR count). The molecule has 2 atom stereocenters. The number of hydrogen-bond acceptors (Lipinski definition) is 2. The van der Waals surface area contributed by atoms with E-state index in [4.69, 9.17) is 4.74 Å². The van der Waals surface area contributed by atoms with E-state index >= 15 is 0 Å². The van der Waals surface area contributed by atoms with Gasteiger partial charge in [-0.2, -0.15) is 0 Å². The Morgan fingerprint density at radius 2 is 1.93 bits per heavy atom. The monoisotopic (exact) mass is 193 g/mol. The molecule has 14 heavy (non-hydrogen) atoms. The fourth-order valence-corrected chi connectivity index (χ4v) is 1.74. The van der Waals surface area contributed by atoms with Crippen LogP contribution in [0.1, 0.15) is 25.0 Å². The first-order valence-corrected chi connectivity index (χ1v) is 5.08. The zero-order valence-corrected chi connectivity index (χ0v) is 9.16. The van der Waals surface area contributed by atoms with Crippen molar-refractivity contribution >= 4 is 0 Å². The van der Waals surface area contributed by atoms with E-state index in [2.05, 4.69) is 24.4 Å². The standard InChI is InChI=1S/C12H19NO/c1-4-11(13-2)12(14-3)10-8-6-5-7-9-10/h5-9,11-13H,4H2,1-3H3. The minimum absolute atomic E-state index is 0.145. The van der Waals surface area contributed by atoms with Crippen LogP contribution < -0.4 is 5.32 Å². The highest BCUT2D eigenvalue weighted by Crippen LogP contribution is 2.21. The van der Waals surface area contributed by atoms with Gasteiger partial charge in [-0.25, -0.2) is 0 Å². The maximum absolute atomic E-state index is 5.52. The lowest BCUT2D eigenvalue weighted by molar-refractivity contribution is 0.0691. The zero-order valence-electron chi connectivity index (χ0n) is 9.16. The number of benzene rings is 1. The molecular formula is C12H19NO. The topological polar surface area (TPSA) is 21.3 Å². The fraction of sp³-hybridized carbons (Fsp3) is 0.500. The average Bonchev–Trinajstić information content (AvgIpc) is 2.27. The summed E-state index contributed by atoms with van der Waals surface area (Å²) in [5, 5.41) is 3.28. The second kappa shape index (κ2) is 5.78. The van der Waals surface area contributed by atoms with E-state index in [0.717, 1.165) is 6.42 Å². The molecule has 1 aromatic carbocycles. The summed E-state index contributed by atoms with van der Waals surface area (Å²) in [6, 6.07) is 10.7. The highest BCUT2D eigenvalue weighted by molar-refractivity contribution is 5.19. The largest absolute Gasteiger partial charge is 0.375 e. The summed E-state index contributed by atoms with van der Waals surface area (Å²) in [4.78, 5) is 0. The van der Waals surface area contributed by atoms with Gasteiger partial charge in [-0.1, -0.05) is 37.3 Å². The Bertz CT molecular complexity index is 244. The van der Waals surface area contributed by atoms with Crippen molar-refractivity contribution < 1.29 is 4.74 Å². The van der Waals surface area contributed by atoms with Gasteiger partial charge in [0.05, 0.1) is 6.10 Å². The number of nitrogens with one attached hydrogen (secondary N) is 1. The van der Waals surface area contributed by atoms with Gasteiger partial charge in [0.25, 0.3) is 0 Å². The van der Waals surface area contributed by atoms with Crippen LogP contribution in [0.4, 0.5) is 0 Å². The molecule has 0 aliphatic carbocycles. The van der Waals surface area contributed by atoms with Gasteiger partial charge in [0.2, 0.25) is 0 Å². The van der Waals surface area contributed by atoms with Crippen molar-refractivity contribution in [2.45, 2.75) is 25.5 Å². The molecule has 0 aliphatic rings. The van der Waals surface area contributed by atoms with Crippen LogP contribution in [0.25, 0.3) is 0 Å². The van der Waals surface area contributed by atoms with E-state index in [9.17, 15) is 0 Å². The molecule has 0 bridgehead atoms. The predicted octanol–water partition coefficient (Wildman–Crippen LogP) is 2.37. The number of methoxy groups -OCH3 is 1. The predicted molar refractivity (Wildman–Crippen MR) is 59.3 cm³/mol. The van der Waals surface area contributed by atoms with Gasteiger partial charge < -0.3 is 10.1 Å². The van der Waals surface area contributed by atoms with Crippen molar-refractivity contribution in [3.05, 3.63) is 35.9 Å². The minimum atomic E-state index is 0.145. The lowest BCUT2D eigenvalue weighted by atomic mass is 10.0. The zero-order chi connectivity index (χ0) is 10.4. The number of rotatable bonds is 5. The molecule has 2 heteroatoms. The summed E-state index contributed by atoms with van der Waals surface area (Å²) < 4.78 is 5.52. The van der Waals surface area contributed by atoms with E-state index in [1.807, 2.05) is 25.2 Å². The lowest BCUT2D eigenvalue weighted by Gasteiger charge is -2.24. The first kappa shape index (κ1) is 11.2. The lowest BCUT2D eigenvalue weighted by Crippen LogP contribution is -2.32. The quantitative estimate of drug-likeness (QED) is 0.775. The van der Waals surface area contributed by atoms with Gasteiger partial charge in [0, 0.05) is 13.2 Å². The molecule has 1 N–H and O–H groups in total. The Morgan fingerprint density at radius 3 is 2.36 bits per heavy atom. The summed E-state index contributed by atoms with van der Waals surface area (Å²) >= 11 is 0. The highest BCUT2D eigenvalue weighted by Gasteiger charge is 2.19. The molecule has 0 spiro atoms. The second-order valence-electron chi connectivity index (χ2n) is 3.37. The van der Waals surface area contributed by atoms with E-state index < -0.39 is 0 Å². The summed E-state index contributed by atoms with van der Waals surface area (Å²) in [5.41, 5.74) is 1.23. The maximum Gasteiger partial charge on any atom is 0.0973 e. The van der Waals surface area contributed by atoms with E-state index in [-0.39, 0.29) is 6.10 Å². The van der Waals surface area contributed by atoms with Crippen molar-refractivity contribution in [2.24, 2.45) is 0 Å². The summed E-state index contributed by atoms with van der Waals surface area (Å²) in [5.74, 6) is 0. The molecule has 2 unspecified atom stereocenters. The summed E-state index contributed by atoms with van der Waals surface area (Å²) in [6.45, 7) is 2.16. The first-order valence-electron chi connectivity index (χ1n) is 5.08. The van der Waals surface area contributed by atoms with Crippen LogP contribution in [0.15, 0.2) is 30.3 Å². The van der Waals surface area contributed by atoms with Gasteiger partial charge in [0.15, 0.2) is 0 Å². The van der Waals surface area contributed by atoms with Crippen LogP contribution in [0.3, 0.4) is 0 Å². The third-order valence-electron chi connectivity index (χ3n) is 2.56. The minimum Gasteiger partial charge on any atom is -0.375 e. The van der Waals surface area contributed by atoms with Crippen LogP contribution >= 0.6 is 0 Å². The SMILES string of the molecule is CCC(NC)C(OC)c1ccccc1. The van der Waals surface area contributed by atoms with Gasteiger partial charge in [-0.15, -0.1) is 0 Å². The van der Waals surface area contributed by atoms with E-state index in [1.54, 1.807) is 7.11 Å². The Hall–Kier alpha value is -0.860. The fourth-order valence-electron chi connectivity index (χ4n) is 1.74. The average molecular weight is 193 g/mol. The van der Waals surface area contributed by atoms with E-state index in [0.29, 0.717) is 6.04 Å². The number of hydrogen-bond donors (Lipinski definition) is 1. The normalized spacial score (nSPS) is 15.1. The molecule has 0 fully saturated rings. The van der Waals surface area contributed by atoms with Gasteiger partial charge >= 0.3 is 0 Å². The molecule has 0 heterocycles. The van der Waals surface area contributed by atoms with Crippen molar-refractivity contribution in [3.63, 3.8) is 0 Å². The first-order chi connectivity index (χ1) is 6.83. The van der Waals surface area contributed by atoms with Crippen molar-refractivity contribution in [2.75, 3.05) is 14.2 Å². The Morgan fingerprint density at radius 1 is 1.29 bits per heavy atom. The van der Waals surface area contributed by atoms with Crippen molar-refractivity contribution in [3.8, 4) is 0 Å². The van der Waals surface area contributed by atoms with Crippen molar-refractivity contribution in [1.82, 2.24) is 5.32 Å². The molecule has 78 valence electrons. The second-order valence-corrected chi connectivity index (χ2v) is 3.37. The molecular weight excluding hydrogens is 174 g/mol. The Balaban J connectivity index is 2.81. The summed E-state index contributed by atoms with van der Waals surface area (Å²) in [6.07, 6.45) is 1.20. The van der Waals surface area contributed by atoms with Gasteiger partial charge in [-0.3, -0.25) is 0 Å². The van der Waals surface area contributed by atoms with Crippen LogP contribution in [0.2, 0.25) is 0 Å².